The van der Waals surface area contributed by atoms with Crippen LogP contribution in [0.1, 0.15) is 57.7 Å². The number of rotatable bonds is 2. The maximum absolute atomic E-state index is 4.43. The highest BCUT2D eigenvalue weighted by Crippen LogP contribution is 2.51. The second-order valence-corrected chi connectivity index (χ2v) is 6.80. The van der Waals surface area contributed by atoms with E-state index in [1.54, 1.807) is 0 Å². The van der Waals surface area contributed by atoms with E-state index in [-0.39, 0.29) is 0 Å². The molecule has 1 aromatic heterocycles. The molecule has 1 saturated heterocycles. The van der Waals surface area contributed by atoms with Gasteiger partial charge < -0.3 is 4.57 Å². The molecule has 0 N–H and O–H groups in total. The Balaban J connectivity index is 1.93. The number of aromatic nitrogens is 3. The summed E-state index contributed by atoms with van der Waals surface area (Å²) in [5.41, 5.74) is 0.462. The number of hydrogen-bond acceptors (Lipinski definition) is 3. The van der Waals surface area contributed by atoms with E-state index in [9.17, 15) is 0 Å². The Kier molecular flexibility index (Phi) is 3.37. The molecule has 1 atom stereocenters. The van der Waals surface area contributed by atoms with Crippen molar-refractivity contribution in [1.29, 1.82) is 0 Å². The van der Waals surface area contributed by atoms with E-state index in [2.05, 4.69) is 40.6 Å². The largest absolute Gasteiger partial charge is 0.320 e. The molecule has 3 rings (SSSR count). The first-order chi connectivity index (χ1) is 9.12. The number of nitrogens with zero attached hydrogens (tertiary/aromatic N) is 4. The van der Waals surface area contributed by atoms with Crippen LogP contribution in [0.4, 0.5) is 0 Å². The summed E-state index contributed by atoms with van der Waals surface area (Å²) in [5.74, 6) is 1.77. The predicted octanol–water partition coefficient (Wildman–Crippen LogP) is 2.57. The number of hydrogen-bond donors (Lipinski definition) is 0. The molecule has 0 amide bonds. The van der Waals surface area contributed by atoms with Crippen molar-refractivity contribution in [3.8, 4) is 0 Å². The van der Waals surface area contributed by atoms with Crippen molar-refractivity contribution >= 4 is 0 Å². The van der Waals surface area contributed by atoms with E-state index in [1.165, 1.54) is 44.5 Å². The molecule has 1 aromatic rings. The fourth-order valence-electron chi connectivity index (χ4n) is 4.13. The highest BCUT2D eigenvalue weighted by atomic mass is 15.3. The third-order valence-corrected chi connectivity index (χ3v) is 5.31. The maximum Gasteiger partial charge on any atom is 0.137 e. The normalized spacial score (nSPS) is 27.5. The van der Waals surface area contributed by atoms with Crippen LogP contribution in [0.25, 0.3) is 0 Å². The Bertz CT molecular complexity index is 431. The van der Waals surface area contributed by atoms with Gasteiger partial charge in [-0.15, -0.1) is 10.2 Å². The predicted molar refractivity (Wildman–Crippen MR) is 76.0 cm³/mol. The second-order valence-electron chi connectivity index (χ2n) is 6.80. The molecule has 1 aliphatic carbocycles. The van der Waals surface area contributed by atoms with Gasteiger partial charge in [0, 0.05) is 32.1 Å². The molecular formula is C15H26N4. The SMILES string of the molecule is CC(C)N1CC(c2nncn2C)C2(CCCCC2)C1. The maximum atomic E-state index is 4.43. The van der Waals surface area contributed by atoms with Crippen LogP contribution in [0, 0.1) is 5.41 Å². The minimum Gasteiger partial charge on any atom is -0.320 e. The van der Waals surface area contributed by atoms with Crippen molar-refractivity contribution in [3.63, 3.8) is 0 Å². The van der Waals surface area contributed by atoms with Gasteiger partial charge in [0.25, 0.3) is 0 Å². The van der Waals surface area contributed by atoms with E-state index < -0.39 is 0 Å². The summed E-state index contributed by atoms with van der Waals surface area (Å²) >= 11 is 0. The second kappa shape index (κ2) is 4.89. The molecule has 1 unspecified atom stereocenters. The molecule has 0 radical (unpaired) electrons. The van der Waals surface area contributed by atoms with Gasteiger partial charge >= 0.3 is 0 Å². The summed E-state index contributed by atoms with van der Waals surface area (Å²) in [6, 6.07) is 0.636. The number of likely N-dealkylation sites (tertiary alicyclic amines) is 1. The van der Waals surface area contributed by atoms with E-state index in [4.69, 9.17) is 0 Å². The first-order valence-corrected chi connectivity index (χ1v) is 7.70. The average molecular weight is 262 g/mol. The van der Waals surface area contributed by atoms with Gasteiger partial charge in [-0.05, 0) is 32.1 Å². The molecule has 19 heavy (non-hydrogen) atoms. The van der Waals surface area contributed by atoms with E-state index >= 15 is 0 Å². The average Bonchev–Trinajstić information content (AvgIpc) is 2.95. The zero-order valence-electron chi connectivity index (χ0n) is 12.5. The fraction of sp³-hybridized carbons (Fsp3) is 0.867. The smallest absolute Gasteiger partial charge is 0.137 e. The van der Waals surface area contributed by atoms with E-state index in [0.717, 1.165) is 6.54 Å². The van der Waals surface area contributed by atoms with Gasteiger partial charge in [0.05, 0.1) is 0 Å². The van der Waals surface area contributed by atoms with E-state index in [1.807, 2.05) is 6.33 Å². The monoisotopic (exact) mass is 262 g/mol. The molecule has 106 valence electrons. The van der Waals surface area contributed by atoms with E-state index in [0.29, 0.717) is 17.4 Å². The molecule has 2 heterocycles. The van der Waals surface area contributed by atoms with Crippen LogP contribution in [0.3, 0.4) is 0 Å². The Morgan fingerprint density at radius 3 is 2.58 bits per heavy atom. The van der Waals surface area contributed by atoms with Crippen molar-refractivity contribution in [2.24, 2.45) is 12.5 Å². The van der Waals surface area contributed by atoms with Gasteiger partial charge in [0.15, 0.2) is 0 Å². The van der Waals surface area contributed by atoms with Crippen molar-refractivity contribution in [1.82, 2.24) is 19.7 Å². The topological polar surface area (TPSA) is 34.0 Å². The summed E-state index contributed by atoms with van der Waals surface area (Å²) in [4.78, 5) is 2.64. The van der Waals surface area contributed by atoms with Gasteiger partial charge in [-0.3, -0.25) is 4.90 Å². The molecule has 2 fully saturated rings. The molecular weight excluding hydrogens is 236 g/mol. The molecule has 4 nitrogen and oxygen atoms in total. The Morgan fingerprint density at radius 1 is 1.26 bits per heavy atom. The first kappa shape index (κ1) is 13.1. The molecule has 1 spiro atoms. The Labute approximate surface area is 116 Å². The standard InChI is InChI=1S/C15H26N4/c1-12(2)19-9-13(14-17-16-11-18(14)3)15(10-19)7-5-4-6-8-15/h11-13H,4-10H2,1-3H3. The van der Waals surface area contributed by atoms with Crippen molar-refractivity contribution < 1.29 is 0 Å². The van der Waals surface area contributed by atoms with Crippen molar-refractivity contribution in [2.75, 3.05) is 13.1 Å². The Morgan fingerprint density at radius 2 is 2.00 bits per heavy atom. The third-order valence-electron chi connectivity index (χ3n) is 5.31. The lowest BCUT2D eigenvalue weighted by Crippen LogP contribution is -2.34. The van der Waals surface area contributed by atoms with Crippen LogP contribution < -0.4 is 0 Å². The van der Waals surface area contributed by atoms with Gasteiger partial charge in [-0.25, -0.2) is 0 Å². The minimum atomic E-state index is 0.462. The fourth-order valence-corrected chi connectivity index (χ4v) is 4.13. The van der Waals surface area contributed by atoms with Crippen LogP contribution in [-0.4, -0.2) is 38.8 Å². The highest BCUT2D eigenvalue weighted by Gasteiger charge is 2.49. The lowest BCUT2D eigenvalue weighted by Gasteiger charge is -2.38. The number of aryl methyl sites for hydroxylation is 1. The quantitative estimate of drug-likeness (QED) is 0.821. The Hall–Kier alpha value is -0.900. The zero-order chi connectivity index (χ0) is 13.5. The molecule has 0 aromatic carbocycles. The third kappa shape index (κ3) is 2.20. The van der Waals surface area contributed by atoms with Crippen LogP contribution in [-0.2, 0) is 7.05 Å². The molecule has 4 heteroatoms. The highest BCUT2D eigenvalue weighted by molar-refractivity contribution is 5.12. The summed E-state index contributed by atoms with van der Waals surface area (Å²) < 4.78 is 2.13. The van der Waals surface area contributed by atoms with Crippen LogP contribution in [0.5, 0.6) is 0 Å². The first-order valence-electron chi connectivity index (χ1n) is 7.70. The lowest BCUT2D eigenvalue weighted by atomic mass is 9.67. The van der Waals surface area contributed by atoms with Crippen LogP contribution >= 0.6 is 0 Å². The molecule has 1 saturated carbocycles. The van der Waals surface area contributed by atoms with Crippen LogP contribution in [0.15, 0.2) is 6.33 Å². The van der Waals surface area contributed by atoms with Crippen molar-refractivity contribution in [3.05, 3.63) is 12.2 Å². The molecule has 2 aliphatic rings. The van der Waals surface area contributed by atoms with Gasteiger partial charge in [0.2, 0.25) is 0 Å². The molecule has 1 aliphatic heterocycles. The van der Waals surface area contributed by atoms with Crippen LogP contribution in [0.2, 0.25) is 0 Å². The summed E-state index contributed by atoms with van der Waals surface area (Å²) in [6.45, 7) is 7.04. The van der Waals surface area contributed by atoms with Crippen molar-refractivity contribution in [2.45, 2.75) is 57.9 Å². The molecule has 0 bridgehead atoms. The van der Waals surface area contributed by atoms with Gasteiger partial charge in [-0.1, -0.05) is 19.3 Å². The summed E-state index contributed by atoms with van der Waals surface area (Å²) in [6.07, 6.45) is 8.78. The van der Waals surface area contributed by atoms with Gasteiger partial charge in [-0.2, -0.15) is 0 Å². The van der Waals surface area contributed by atoms with Gasteiger partial charge in [0.1, 0.15) is 12.2 Å². The summed E-state index contributed by atoms with van der Waals surface area (Å²) in [5, 5.41) is 8.54. The minimum absolute atomic E-state index is 0.462. The summed E-state index contributed by atoms with van der Waals surface area (Å²) in [7, 11) is 2.09. The lowest BCUT2D eigenvalue weighted by molar-refractivity contribution is 0.157. The zero-order valence-corrected chi connectivity index (χ0v) is 12.5.